The van der Waals surface area contributed by atoms with Gasteiger partial charge in [-0.05, 0) is 37.3 Å². The first-order chi connectivity index (χ1) is 10.1. The van der Waals surface area contributed by atoms with Gasteiger partial charge in [-0.2, -0.15) is 5.10 Å². The molecule has 0 aliphatic carbocycles. The van der Waals surface area contributed by atoms with Gasteiger partial charge in [-0.1, -0.05) is 0 Å². The van der Waals surface area contributed by atoms with E-state index in [2.05, 4.69) is 15.7 Å². The smallest absolute Gasteiger partial charge is 0.269 e. The zero-order valence-corrected chi connectivity index (χ0v) is 12.3. The Morgan fingerprint density at radius 2 is 2.10 bits per heavy atom. The average Bonchev–Trinajstić information content (AvgIpc) is 2.94. The van der Waals surface area contributed by atoms with Crippen LogP contribution in [-0.2, 0) is 13.1 Å². The van der Waals surface area contributed by atoms with Crippen LogP contribution in [0.4, 0.5) is 11.4 Å². The molecule has 0 unspecified atom stereocenters. The second kappa shape index (κ2) is 6.80. The van der Waals surface area contributed by atoms with Gasteiger partial charge < -0.3 is 10.6 Å². The van der Waals surface area contributed by atoms with E-state index in [-0.39, 0.29) is 5.69 Å². The third kappa shape index (κ3) is 4.25. The van der Waals surface area contributed by atoms with Crippen LogP contribution in [0.2, 0.25) is 0 Å². The molecule has 0 spiro atoms. The van der Waals surface area contributed by atoms with Crippen molar-refractivity contribution >= 4 is 28.7 Å². The number of aromatic nitrogens is 2. The van der Waals surface area contributed by atoms with E-state index in [1.54, 1.807) is 12.1 Å². The van der Waals surface area contributed by atoms with Crippen LogP contribution >= 0.6 is 12.2 Å². The summed E-state index contributed by atoms with van der Waals surface area (Å²) in [4.78, 5) is 10.1. The van der Waals surface area contributed by atoms with Crippen molar-refractivity contribution in [1.29, 1.82) is 0 Å². The lowest BCUT2D eigenvalue weighted by Gasteiger charge is -2.09. The number of hydrogen-bond donors (Lipinski definition) is 2. The number of hydrogen-bond acceptors (Lipinski definition) is 4. The SMILES string of the molecule is CCn1ccc(CNC(=S)Nc2ccc([N+](=O)[O-])cc2)n1. The molecule has 0 radical (unpaired) electrons. The van der Waals surface area contributed by atoms with Gasteiger partial charge in [0.2, 0.25) is 0 Å². The summed E-state index contributed by atoms with van der Waals surface area (Å²) in [6, 6.07) is 7.99. The molecule has 2 aromatic rings. The minimum absolute atomic E-state index is 0.0459. The molecule has 21 heavy (non-hydrogen) atoms. The predicted molar refractivity (Wildman–Crippen MR) is 84.1 cm³/mol. The Hall–Kier alpha value is -2.48. The molecular weight excluding hydrogens is 290 g/mol. The van der Waals surface area contributed by atoms with Crippen LogP contribution in [0.25, 0.3) is 0 Å². The summed E-state index contributed by atoms with van der Waals surface area (Å²) in [5.41, 5.74) is 1.63. The van der Waals surface area contributed by atoms with Crippen LogP contribution in [-0.4, -0.2) is 19.8 Å². The highest BCUT2D eigenvalue weighted by Gasteiger charge is 2.05. The largest absolute Gasteiger partial charge is 0.357 e. The molecule has 8 heteroatoms. The van der Waals surface area contributed by atoms with Crippen LogP contribution in [0.3, 0.4) is 0 Å². The van der Waals surface area contributed by atoms with Crippen molar-refractivity contribution in [2.75, 3.05) is 5.32 Å². The number of nitrogens with one attached hydrogen (secondary N) is 2. The molecule has 0 bridgehead atoms. The van der Waals surface area contributed by atoms with Crippen LogP contribution in [0.5, 0.6) is 0 Å². The Morgan fingerprint density at radius 1 is 1.38 bits per heavy atom. The maximum atomic E-state index is 10.6. The second-order valence-corrected chi connectivity index (χ2v) is 4.68. The highest BCUT2D eigenvalue weighted by molar-refractivity contribution is 7.80. The molecule has 1 heterocycles. The lowest BCUT2D eigenvalue weighted by atomic mass is 10.3. The van der Waals surface area contributed by atoms with Gasteiger partial charge >= 0.3 is 0 Å². The standard InChI is InChI=1S/C13H15N5O2S/c1-2-17-8-7-11(16-17)9-14-13(21)15-10-3-5-12(6-4-10)18(19)20/h3-8H,2,9H2,1H3,(H2,14,15,21). The van der Waals surface area contributed by atoms with E-state index in [4.69, 9.17) is 12.2 Å². The van der Waals surface area contributed by atoms with E-state index in [0.717, 1.165) is 12.2 Å². The Kier molecular flexibility index (Phi) is 4.83. The van der Waals surface area contributed by atoms with Gasteiger partial charge in [0.15, 0.2) is 5.11 Å². The summed E-state index contributed by atoms with van der Waals surface area (Å²) in [5, 5.41) is 21.3. The molecule has 0 atom stereocenters. The predicted octanol–water partition coefficient (Wildman–Crippen LogP) is 2.30. The lowest BCUT2D eigenvalue weighted by molar-refractivity contribution is -0.384. The van der Waals surface area contributed by atoms with E-state index < -0.39 is 4.92 Å². The van der Waals surface area contributed by atoms with Gasteiger partial charge in [0.25, 0.3) is 5.69 Å². The van der Waals surface area contributed by atoms with Gasteiger partial charge in [-0.25, -0.2) is 0 Å². The van der Waals surface area contributed by atoms with Crippen molar-refractivity contribution in [3.63, 3.8) is 0 Å². The Labute approximate surface area is 127 Å². The fourth-order valence-corrected chi connectivity index (χ4v) is 1.88. The first-order valence-corrected chi connectivity index (χ1v) is 6.81. The van der Waals surface area contributed by atoms with Crippen molar-refractivity contribution < 1.29 is 4.92 Å². The van der Waals surface area contributed by atoms with Gasteiger partial charge in [0.05, 0.1) is 17.2 Å². The number of nitrogens with zero attached hydrogens (tertiary/aromatic N) is 3. The number of nitro groups is 1. The third-order valence-corrected chi connectivity index (χ3v) is 3.03. The average molecular weight is 305 g/mol. The van der Waals surface area contributed by atoms with E-state index >= 15 is 0 Å². The van der Waals surface area contributed by atoms with Gasteiger partial charge in [0.1, 0.15) is 0 Å². The highest BCUT2D eigenvalue weighted by Crippen LogP contribution is 2.15. The lowest BCUT2D eigenvalue weighted by Crippen LogP contribution is -2.28. The fraction of sp³-hybridized carbons (Fsp3) is 0.231. The molecule has 0 saturated carbocycles. The molecule has 0 aliphatic rings. The number of thiocarbonyl (C=S) groups is 1. The van der Waals surface area contributed by atoms with Crippen LogP contribution in [0, 0.1) is 10.1 Å². The van der Waals surface area contributed by atoms with Gasteiger partial charge in [0, 0.05) is 30.6 Å². The molecule has 2 rings (SSSR count). The maximum absolute atomic E-state index is 10.6. The zero-order valence-electron chi connectivity index (χ0n) is 11.4. The Morgan fingerprint density at radius 3 is 2.67 bits per heavy atom. The summed E-state index contributed by atoms with van der Waals surface area (Å²) in [6.07, 6.45) is 1.91. The van der Waals surface area contributed by atoms with Crippen LogP contribution in [0.15, 0.2) is 36.5 Å². The number of rotatable bonds is 5. The third-order valence-electron chi connectivity index (χ3n) is 2.79. The normalized spacial score (nSPS) is 10.1. The molecule has 0 fully saturated rings. The first kappa shape index (κ1) is 14.9. The highest BCUT2D eigenvalue weighted by atomic mass is 32.1. The van der Waals surface area contributed by atoms with Crippen molar-refractivity contribution in [2.24, 2.45) is 0 Å². The molecule has 7 nitrogen and oxygen atoms in total. The molecule has 0 saturated heterocycles. The van der Waals surface area contributed by atoms with Crippen molar-refractivity contribution in [3.8, 4) is 0 Å². The van der Waals surface area contributed by atoms with Crippen molar-refractivity contribution in [1.82, 2.24) is 15.1 Å². The topological polar surface area (TPSA) is 85.0 Å². The number of nitro benzene ring substituents is 1. The van der Waals surface area contributed by atoms with E-state index in [0.29, 0.717) is 17.3 Å². The molecule has 1 aromatic carbocycles. The van der Waals surface area contributed by atoms with Crippen LogP contribution < -0.4 is 10.6 Å². The first-order valence-electron chi connectivity index (χ1n) is 6.40. The molecule has 110 valence electrons. The van der Waals surface area contributed by atoms with Gasteiger partial charge in [-0.15, -0.1) is 0 Å². The summed E-state index contributed by atoms with van der Waals surface area (Å²) >= 11 is 5.16. The van der Waals surface area contributed by atoms with E-state index in [1.165, 1.54) is 12.1 Å². The number of non-ortho nitro benzene ring substituents is 1. The number of anilines is 1. The molecule has 2 N–H and O–H groups in total. The molecule has 1 aromatic heterocycles. The monoisotopic (exact) mass is 305 g/mol. The Bertz CT molecular complexity index is 638. The minimum atomic E-state index is -0.440. The van der Waals surface area contributed by atoms with Crippen LogP contribution in [0.1, 0.15) is 12.6 Å². The summed E-state index contributed by atoms with van der Waals surface area (Å²) in [5.74, 6) is 0. The van der Waals surface area contributed by atoms with E-state index in [1.807, 2.05) is 23.9 Å². The molecule has 0 amide bonds. The summed E-state index contributed by atoms with van der Waals surface area (Å²) < 4.78 is 1.84. The van der Waals surface area contributed by atoms with E-state index in [9.17, 15) is 10.1 Å². The molecule has 0 aliphatic heterocycles. The minimum Gasteiger partial charge on any atom is -0.357 e. The fourth-order valence-electron chi connectivity index (χ4n) is 1.69. The summed E-state index contributed by atoms with van der Waals surface area (Å²) in [7, 11) is 0. The van der Waals surface area contributed by atoms with Crippen molar-refractivity contribution in [3.05, 3.63) is 52.3 Å². The maximum Gasteiger partial charge on any atom is 0.269 e. The van der Waals surface area contributed by atoms with Crippen molar-refractivity contribution in [2.45, 2.75) is 20.0 Å². The van der Waals surface area contributed by atoms with Gasteiger partial charge in [-0.3, -0.25) is 14.8 Å². The molecular formula is C13H15N5O2S. The Balaban J connectivity index is 1.85. The summed E-state index contributed by atoms with van der Waals surface area (Å²) in [6.45, 7) is 3.36. The zero-order chi connectivity index (χ0) is 15.2. The second-order valence-electron chi connectivity index (χ2n) is 4.27. The quantitative estimate of drug-likeness (QED) is 0.501. The number of benzene rings is 1. The number of aryl methyl sites for hydroxylation is 1.